The van der Waals surface area contributed by atoms with Crippen LogP contribution in [0.3, 0.4) is 0 Å². The maximum absolute atomic E-state index is 13.5. The summed E-state index contributed by atoms with van der Waals surface area (Å²) in [5.41, 5.74) is 4.74. The van der Waals surface area contributed by atoms with Crippen LogP contribution in [0.5, 0.6) is 17.2 Å². The van der Waals surface area contributed by atoms with Crippen molar-refractivity contribution in [3.05, 3.63) is 101 Å². The van der Waals surface area contributed by atoms with Crippen molar-refractivity contribution in [2.24, 2.45) is 0 Å². The van der Waals surface area contributed by atoms with Crippen molar-refractivity contribution >= 4 is 34.9 Å². The van der Waals surface area contributed by atoms with Crippen LogP contribution in [-0.4, -0.2) is 32.1 Å². The number of aromatic nitrogens is 1. The van der Waals surface area contributed by atoms with Gasteiger partial charge in [0.15, 0.2) is 17.3 Å². The summed E-state index contributed by atoms with van der Waals surface area (Å²) in [5.74, 6) is 1.41. The van der Waals surface area contributed by atoms with E-state index in [2.05, 4.69) is 0 Å². The highest BCUT2D eigenvalue weighted by Gasteiger charge is 2.17. The van der Waals surface area contributed by atoms with E-state index >= 15 is 0 Å². The summed E-state index contributed by atoms with van der Waals surface area (Å²) >= 11 is 0. The number of methoxy groups -OCH3 is 3. The highest BCUT2D eigenvalue weighted by molar-refractivity contribution is 6.13. The van der Waals surface area contributed by atoms with Gasteiger partial charge < -0.3 is 14.2 Å². The number of carbonyl (C=O) groups excluding carboxylic acids is 1. The first-order valence-electron chi connectivity index (χ1n) is 11.2. The molecule has 3 aromatic carbocycles. The summed E-state index contributed by atoms with van der Waals surface area (Å²) in [7, 11) is 4.68. The number of pyridine rings is 1. The van der Waals surface area contributed by atoms with Crippen molar-refractivity contribution in [1.82, 2.24) is 4.98 Å². The molecule has 0 atom stereocenters. The number of carbonyl (C=O) groups is 1. The second-order valence-corrected chi connectivity index (χ2v) is 7.90. The first kappa shape index (κ1) is 23.8. The Bertz CT molecular complexity index is 1400. The lowest BCUT2D eigenvalue weighted by molar-refractivity contribution is 0.104. The van der Waals surface area contributed by atoms with Gasteiger partial charge in [-0.25, -0.2) is 0 Å². The number of hydrogen-bond donors (Lipinski definition) is 0. The molecule has 0 spiro atoms. The van der Waals surface area contributed by atoms with Gasteiger partial charge in [-0.05, 0) is 47.9 Å². The predicted molar refractivity (Wildman–Crippen MR) is 141 cm³/mol. The molecule has 0 N–H and O–H groups in total. The fourth-order valence-electron chi connectivity index (χ4n) is 4.05. The van der Waals surface area contributed by atoms with Crippen LogP contribution in [0.15, 0.2) is 72.8 Å². The number of para-hydroxylation sites is 1. The highest BCUT2D eigenvalue weighted by Crippen LogP contribution is 2.38. The molecule has 0 bridgehead atoms. The fraction of sp³-hybridized carbons (Fsp3) is 0.133. The van der Waals surface area contributed by atoms with Crippen molar-refractivity contribution in [3.63, 3.8) is 0 Å². The lowest BCUT2D eigenvalue weighted by Crippen LogP contribution is -2.05. The van der Waals surface area contributed by atoms with Crippen LogP contribution in [-0.2, 0) is 0 Å². The Morgan fingerprint density at radius 3 is 2.09 bits per heavy atom. The van der Waals surface area contributed by atoms with Crippen LogP contribution < -0.4 is 14.2 Å². The van der Waals surface area contributed by atoms with Crippen LogP contribution in [0, 0.1) is 6.92 Å². The zero-order chi connectivity index (χ0) is 24.8. The predicted octanol–water partition coefficient (Wildman–Crippen LogP) is 6.64. The minimum absolute atomic E-state index is 0.137. The van der Waals surface area contributed by atoms with Crippen LogP contribution in [0.4, 0.5) is 0 Å². The SMILES string of the molecule is COc1cc(/C=C/C(=O)c2c(C)nc3ccccc3c2/C=C/c2ccccc2)cc(OC)c1OC. The second kappa shape index (κ2) is 10.7. The molecular weight excluding hydrogens is 438 g/mol. The van der Waals surface area contributed by atoms with Crippen molar-refractivity contribution < 1.29 is 19.0 Å². The van der Waals surface area contributed by atoms with Crippen molar-refractivity contribution in [2.45, 2.75) is 6.92 Å². The number of fused-ring (bicyclic) bond motifs is 1. The Balaban J connectivity index is 1.78. The van der Waals surface area contributed by atoms with Crippen LogP contribution in [0.2, 0.25) is 0 Å². The van der Waals surface area contributed by atoms with E-state index in [0.717, 1.165) is 27.6 Å². The number of ether oxygens (including phenoxy) is 3. The molecule has 0 aliphatic carbocycles. The van der Waals surface area contributed by atoms with Crippen LogP contribution in [0.25, 0.3) is 29.1 Å². The number of aryl methyl sites for hydroxylation is 1. The Morgan fingerprint density at radius 1 is 0.771 bits per heavy atom. The van der Waals surface area contributed by atoms with E-state index in [0.29, 0.717) is 28.5 Å². The number of benzene rings is 3. The van der Waals surface area contributed by atoms with Crippen molar-refractivity contribution in [2.75, 3.05) is 21.3 Å². The number of allylic oxidation sites excluding steroid dienone is 1. The Hall–Kier alpha value is -4.38. The van der Waals surface area contributed by atoms with Gasteiger partial charge in [-0.15, -0.1) is 0 Å². The monoisotopic (exact) mass is 465 g/mol. The third-order valence-electron chi connectivity index (χ3n) is 5.72. The molecule has 176 valence electrons. The largest absolute Gasteiger partial charge is 0.493 e. The summed E-state index contributed by atoms with van der Waals surface area (Å²) in [6, 6.07) is 21.5. The van der Waals surface area contributed by atoms with Gasteiger partial charge >= 0.3 is 0 Å². The lowest BCUT2D eigenvalue weighted by atomic mass is 9.96. The third kappa shape index (κ3) is 5.09. The minimum Gasteiger partial charge on any atom is -0.493 e. The number of nitrogens with zero attached hydrogens (tertiary/aromatic N) is 1. The maximum atomic E-state index is 13.5. The smallest absolute Gasteiger partial charge is 0.203 e. The molecule has 5 nitrogen and oxygen atoms in total. The van der Waals surface area contributed by atoms with Crippen LogP contribution >= 0.6 is 0 Å². The second-order valence-electron chi connectivity index (χ2n) is 7.90. The Morgan fingerprint density at radius 2 is 1.43 bits per heavy atom. The van der Waals surface area contributed by atoms with Gasteiger partial charge in [0.05, 0.1) is 32.4 Å². The van der Waals surface area contributed by atoms with Crippen molar-refractivity contribution in [3.8, 4) is 17.2 Å². The zero-order valence-electron chi connectivity index (χ0n) is 20.2. The van der Waals surface area contributed by atoms with E-state index in [-0.39, 0.29) is 5.78 Å². The lowest BCUT2D eigenvalue weighted by Gasteiger charge is -2.13. The van der Waals surface area contributed by atoms with E-state index in [9.17, 15) is 4.79 Å². The van der Waals surface area contributed by atoms with Gasteiger partial charge in [0.25, 0.3) is 0 Å². The summed E-state index contributed by atoms with van der Waals surface area (Å²) in [6.07, 6.45) is 7.30. The Labute approximate surface area is 205 Å². The average Bonchev–Trinajstić information content (AvgIpc) is 2.89. The first-order valence-corrected chi connectivity index (χ1v) is 11.2. The van der Waals surface area contributed by atoms with E-state index in [1.54, 1.807) is 45.6 Å². The molecule has 0 amide bonds. The molecule has 1 heterocycles. The molecule has 0 fully saturated rings. The molecule has 0 radical (unpaired) electrons. The zero-order valence-corrected chi connectivity index (χ0v) is 20.2. The van der Waals surface area contributed by atoms with Gasteiger partial charge in [0.1, 0.15) is 0 Å². The molecule has 4 aromatic rings. The first-order chi connectivity index (χ1) is 17.0. The molecule has 0 aliphatic rings. The maximum Gasteiger partial charge on any atom is 0.203 e. The number of hydrogen-bond acceptors (Lipinski definition) is 5. The fourth-order valence-corrected chi connectivity index (χ4v) is 4.05. The number of ketones is 1. The van der Waals surface area contributed by atoms with Gasteiger partial charge in [0, 0.05) is 11.1 Å². The molecule has 0 unspecified atom stereocenters. The highest BCUT2D eigenvalue weighted by atomic mass is 16.5. The van der Waals surface area contributed by atoms with Gasteiger partial charge in [0.2, 0.25) is 5.75 Å². The molecule has 0 saturated carbocycles. The summed E-state index contributed by atoms with van der Waals surface area (Å²) in [4.78, 5) is 18.2. The minimum atomic E-state index is -0.137. The number of rotatable bonds is 8. The third-order valence-corrected chi connectivity index (χ3v) is 5.72. The molecule has 5 heteroatoms. The standard InChI is InChI=1S/C30H27NO4/c1-20-29(26(32)17-15-22-18-27(33-2)30(35-4)28(19-22)34-3)24(16-14-21-10-6-5-7-11-21)23-12-8-9-13-25(23)31-20/h5-19H,1-4H3/b16-14+,17-15+. The molecule has 35 heavy (non-hydrogen) atoms. The summed E-state index contributed by atoms with van der Waals surface area (Å²) < 4.78 is 16.2. The van der Waals surface area contributed by atoms with E-state index < -0.39 is 0 Å². The molecule has 0 saturated heterocycles. The summed E-state index contributed by atoms with van der Waals surface area (Å²) in [5, 5.41) is 0.926. The molecule has 0 aliphatic heterocycles. The molecule has 1 aromatic heterocycles. The van der Waals surface area contributed by atoms with Crippen LogP contribution in [0.1, 0.15) is 32.7 Å². The molecular formula is C30H27NO4. The Kier molecular flexibility index (Phi) is 7.27. The molecule has 4 rings (SSSR count). The topological polar surface area (TPSA) is 57.7 Å². The van der Waals surface area contributed by atoms with Gasteiger partial charge in [-0.2, -0.15) is 0 Å². The van der Waals surface area contributed by atoms with E-state index in [1.807, 2.05) is 73.7 Å². The van der Waals surface area contributed by atoms with E-state index in [1.165, 1.54) is 0 Å². The van der Waals surface area contributed by atoms with Gasteiger partial charge in [-0.1, -0.05) is 66.8 Å². The van der Waals surface area contributed by atoms with E-state index in [4.69, 9.17) is 19.2 Å². The average molecular weight is 466 g/mol. The normalized spacial score (nSPS) is 11.3. The van der Waals surface area contributed by atoms with Crippen molar-refractivity contribution in [1.29, 1.82) is 0 Å². The quantitative estimate of drug-likeness (QED) is 0.216. The van der Waals surface area contributed by atoms with Gasteiger partial charge in [-0.3, -0.25) is 9.78 Å². The summed E-state index contributed by atoms with van der Waals surface area (Å²) in [6.45, 7) is 1.87.